The first-order chi connectivity index (χ1) is 16.0. The lowest BCUT2D eigenvalue weighted by atomic mass is 10.2. The number of amides is 2. The summed E-state index contributed by atoms with van der Waals surface area (Å²) in [6, 6.07) is 20.4. The van der Waals surface area contributed by atoms with Gasteiger partial charge in [0, 0.05) is 17.3 Å². The second kappa shape index (κ2) is 9.58. The fourth-order valence-corrected chi connectivity index (χ4v) is 4.04. The Balaban J connectivity index is 1.63. The number of para-hydroxylation sites is 1. The Hall–Kier alpha value is -4.11. The van der Waals surface area contributed by atoms with Gasteiger partial charge in [0.15, 0.2) is 5.16 Å². The van der Waals surface area contributed by atoms with Crippen LogP contribution in [0, 0.1) is 0 Å². The van der Waals surface area contributed by atoms with Crippen molar-refractivity contribution in [3.05, 3.63) is 88.7 Å². The maximum atomic E-state index is 13.3. The molecule has 0 fully saturated rings. The van der Waals surface area contributed by atoms with Crippen LogP contribution >= 0.6 is 11.8 Å². The fourth-order valence-electron chi connectivity index (χ4n) is 3.23. The number of nitrogens with zero attached hydrogens (tertiary/aromatic N) is 2. The minimum absolute atomic E-state index is 0.0202. The van der Waals surface area contributed by atoms with E-state index in [1.54, 1.807) is 61.7 Å². The van der Waals surface area contributed by atoms with E-state index in [1.807, 2.05) is 6.07 Å². The number of benzene rings is 3. The predicted octanol–water partition coefficient (Wildman–Crippen LogP) is 3.22. The number of ether oxygens (including phenoxy) is 1. The normalized spacial score (nSPS) is 10.7. The number of thioether (sulfide) groups is 1. The van der Waals surface area contributed by atoms with Gasteiger partial charge in [-0.3, -0.25) is 19.0 Å². The van der Waals surface area contributed by atoms with Gasteiger partial charge >= 0.3 is 0 Å². The number of nitrogens with one attached hydrogen (secondary N) is 1. The maximum absolute atomic E-state index is 13.3. The van der Waals surface area contributed by atoms with Crippen LogP contribution in [0.3, 0.4) is 0 Å². The van der Waals surface area contributed by atoms with E-state index in [-0.39, 0.29) is 17.2 Å². The summed E-state index contributed by atoms with van der Waals surface area (Å²) in [7, 11) is 1.55. The number of anilines is 1. The topological polar surface area (TPSA) is 116 Å². The van der Waals surface area contributed by atoms with Gasteiger partial charge in [0.2, 0.25) is 11.8 Å². The smallest absolute Gasteiger partial charge is 0.266 e. The molecule has 0 atom stereocenters. The van der Waals surface area contributed by atoms with Crippen LogP contribution < -0.4 is 21.3 Å². The van der Waals surface area contributed by atoms with Crippen molar-refractivity contribution in [2.45, 2.75) is 5.16 Å². The van der Waals surface area contributed by atoms with Crippen LogP contribution in [0.1, 0.15) is 10.4 Å². The van der Waals surface area contributed by atoms with Gasteiger partial charge in [0.1, 0.15) is 5.75 Å². The molecule has 8 nitrogen and oxygen atoms in total. The van der Waals surface area contributed by atoms with Gasteiger partial charge in [-0.05, 0) is 48.5 Å². The maximum Gasteiger partial charge on any atom is 0.266 e. The van der Waals surface area contributed by atoms with Gasteiger partial charge in [-0.2, -0.15) is 0 Å². The Morgan fingerprint density at radius 1 is 1.06 bits per heavy atom. The fraction of sp³-hybridized carbons (Fsp3) is 0.0833. The summed E-state index contributed by atoms with van der Waals surface area (Å²) in [6.45, 7) is 0. The van der Waals surface area contributed by atoms with Crippen molar-refractivity contribution < 1.29 is 14.3 Å². The molecule has 0 aliphatic heterocycles. The molecular formula is C24H20N4O4S. The van der Waals surface area contributed by atoms with Crippen molar-refractivity contribution in [3.63, 3.8) is 0 Å². The summed E-state index contributed by atoms with van der Waals surface area (Å²) in [5.41, 5.74) is 7.01. The lowest BCUT2D eigenvalue weighted by Gasteiger charge is -2.14. The summed E-state index contributed by atoms with van der Waals surface area (Å²) in [5.74, 6) is -0.208. The first-order valence-electron chi connectivity index (χ1n) is 9.95. The van der Waals surface area contributed by atoms with Gasteiger partial charge in [-0.1, -0.05) is 30.0 Å². The molecule has 4 aromatic rings. The molecule has 0 unspecified atom stereocenters. The molecule has 1 aromatic heterocycles. The molecule has 1 heterocycles. The molecule has 0 bridgehead atoms. The highest BCUT2D eigenvalue weighted by Crippen LogP contribution is 2.24. The van der Waals surface area contributed by atoms with Gasteiger partial charge in [-0.25, -0.2) is 4.98 Å². The number of fused-ring (bicyclic) bond motifs is 1. The van der Waals surface area contributed by atoms with Crippen molar-refractivity contribution >= 4 is 40.2 Å². The summed E-state index contributed by atoms with van der Waals surface area (Å²) >= 11 is 1.14. The molecule has 0 spiro atoms. The van der Waals surface area contributed by atoms with Gasteiger partial charge < -0.3 is 15.8 Å². The predicted molar refractivity (Wildman–Crippen MR) is 128 cm³/mol. The highest BCUT2D eigenvalue weighted by atomic mass is 32.2. The van der Waals surface area contributed by atoms with Gasteiger partial charge in [-0.15, -0.1) is 0 Å². The molecule has 0 aliphatic carbocycles. The lowest BCUT2D eigenvalue weighted by molar-refractivity contribution is -0.113. The van der Waals surface area contributed by atoms with Crippen LogP contribution in [0.5, 0.6) is 5.75 Å². The van der Waals surface area contributed by atoms with Crippen LogP contribution in [0.4, 0.5) is 5.69 Å². The molecule has 0 radical (unpaired) electrons. The molecule has 33 heavy (non-hydrogen) atoms. The van der Waals surface area contributed by atoms with E-state index in [9.17, 15) is 14.4 Å². The summed E-state index contributed by atoms with van der Waals surface area (Å²) in [5, 5.41) is 3.62. The first-order valence-corrected chi connectivity index (χ1v) is 10.9. The number of methoxy groups -OCH3 is 1. The van der Waals surface area contributed by atoms with E-state index in [1.165, 1.54) is 16.7 Å². The number of aromatic nitrogens is 2. The highest BCUT2D eigenvalue weighted by Gasteiger charge is 2.15. The Labute approximate surface area is 193 Å². The third-order valence-electron chi connectivity index (χ3n) is 4.84. The Kier molecular flexibility index (Phi) is 6.41. The van der Waals surface area contributed by atoms with Crippen molar-refractivity contribution in [3.8, 4) is 11.4 Å². The molecular weight excluding hydrogens is 440 g/mol. The van der Waals surface area contributed by atoms with Crippen LogP contribution in [0.15, 0.2) is 82.7 Å². The molecule has 0 saturated carbocycles. The van der Waals surface area contributed by atoms with E-state index in [2.05, 4.69) is 10.3 Å². The number of primary amides is 1. The summed E-state index contributed by atoms with van der Waals surface area (Å²) in [4.78, 5) is 41.7. The van der Waals surface area contributed by atoms with E-state index in [0.29, 0.717) is 38.7 Å². The number of carbonyl (C=O) groups excluding carboxylic acids is 2. The van der Waals surface area contributed by atoms with E-state index < -0.39 is 5.91 Å². The largest absolute Gasteiger partial charge is 0.497 e. The van der Waals surface area contributed by atoms with Crippen molar-refractivity contribution in [1.29, 1.82) is 0 Å². The molecule has 0 saturated heterocycles. The van der Waals surface area contributed by atoms with Crippen LogP contribution in [0.2, 0.25) is 0 Å². The van der Waals surface area contributed by atoms with Crippen molar-refractivity contribution in [2.75, 3.05) is 18.2 Å². The number of carbonyl (C=O) groups is 2. The summed E-state index contributed by atoms with van der Waals surface area (Å²) < 4.78 is 6.77. The zero-order valence-electron chi connectivity index (χ0n) is 17.6. The summed E-state index contributed by atoms with van der Waals surface area (Å²) in [6.07, 6.45) is 0. The second-order valence-electron chi connectivity index (χ2n) is 7.03. The molecule has 4 rings (SSSR count). The lowest BCUT2D eigenvalue weighted by Crippen LogP contribution is -2.23. The molecule has 9 heteroatoms. The van der Waals surface area contributed by atoms with Gasteiger partial charge in [0.05, 0.1) is 29.5 Å². The average Bonchev–Trinajstić information content (AvgIpc) is 2.83. The average molecular weight is 461 g/mol. The number of hydrogen-bond donors (Lipinski definition) is 2. The zero-order valence-corrected chi connectivity index (χ0v) is 18.5. The highest BCUT2D eigenvalue weighted by molar-refractivity contribution is 7.99. The van der Waals surface area contributed by atoms with Crippen molar-refractivity contribution in [2.24, 2.45) is 5.73 Å². The Morgan fingerprint density at radius 2 is 1.82 bits per heavy atom. The van der Waals surface area contributed by atoms with Crippen LogP contribution in [0.25, 0.3) is 16.6 Å². The Morgan fingerprint density at radius 3 is 2.55 bits per heavy atom. The number of rotatable bonds is 7. The number of hydrogen-bond acceptors (Lipinski definition) is 6. The van der Waals surface area contributed by atoms with Crippen LogP contribution in [-0.2, 0) is 4.79 Å². The monoisotopic (exact) mass is 460 g/mol. The quantitative estimate of drug-likeness (QED) is 0.323. The van der Waals surface area contributed by atoms with Crippen molar-refractivity contribution in [1.82, 2.24) is 9.55 Å². The van der Waals surface area contributed by atoms with E-state index in [4.69, 9.17) is 10.5 Å². The standard InChI is InChI=1S/C24H20N4O4S/c1-32-18-6-4-5-17(13-18)28-23(31)19-7-2-3-8-20(19)27-24(28)33-14-21(29)26-16-11-9-15(10-12-16)22(25)30/h2-13H,14H2,1H3,(H2,25,30)(H,26,29). The van der Waals surface area contributed by atoms with E-state index in [0.717, 1.165) is 11.8 Å². The molecule has 3 N–H and O–H groups in total. The SMILES string of the molecule is COc1cccc(-n2c(SCC(=O)Nc3ccc(C(N)=O)cc3)nc3ccccc3c2=O)c1. The molecule has 2 amide bonds. The Bertz CT molecular complexity index is 1400. The molecule has 0 aliphatic rings. The molecule has 3 aromatic carbocycles. The van der Waals surface area contributed by atoms with Crippen LogP contribution in [-0.4, -0.2) is 34.2 Å². The second-order valence-corrected chi connectivity index (χ2v) is 7.97. The number of nitrogens with two attached hydrogens (primary N) is 1. The minimum Gasteiger partial charge on any atom is -0.497 e. The third-order valence-corrected chi connectivity index (χ3v) is 5.78. The third kappa shape index (κ3) is 4.88. The minimum atomic E-state index is -0.540. The van der Waals surface area contributed by atoms with Gasteiger partial charge in [0.25, 0.3) is 5.56 Å². The zero-order chi connectivity index (χ0) is 23.4. The van der Waals surface area contributed by atoms with E-state index >= 15 is 0 Å². The first kappa shape index (κ1) is 22.1. The molecule has 166 valence electrons.